The summed E-state index contributed by atoms with van der Waals surface area (Å²) in [6, 6.07) is 0. The van der Waals surface area contributed by atoms with Gasteiger partial charge in [0.1, 0.15) is 0 Å². The highest BCUT2D eigenvalue weighted by molar-refractivity contribution is 5.02. The second-order valence-corrected chi connectivity index (χ2v) is 4.28. The summed E-state index contributed by atoms with van der Waals surface area (Å²) in [5, 5.41) is 9.48. The normalized spacial score (nSPS) is 13.5. The molecule has 0 rings (SSSR count). The van der Waals surface area contributed by atoms with Crippen molar-refractivity contribution in [3.05, 3.63) is 36.0 Å². The fourth-order valence-electron chi connectivity index (χ4n) is 1.32. The van der Waals surface area contributed by atoms with Crippen LogP contribution in [0.25, 0.3) is 0 Å². The molecular formula is C14H24O. The minimum Gasteiger partial charge on any atom is -0.392 e. The molecule has 0 aromatic rings. The van der Waals surface area contributed by atoms with Crippen LogP contribution in [-0.2, 0) is 0 Å². The molecule has 15 heavy (non-hydrogen) atoms. The summed E-state index contributed by atoms with van der Waals surface area (Å²) >= 11 is 0. The lowest BCUT2D eigenvalue weighted by atomic mass is 10.1. The zero-order chi connectivity index (χ0) is 11.7. The molecule has 0 saturated carbocycles. The monoisotopic (exact) mass is 208 g/mol. The van der Waals surface area contributed by atoms with Crippen molar-refractivity contribution in [2.24, 2.45) is 0 Å². The Morgan fingerprint density at radius 1 is 1.20 bits per heavy atom. The van der Waals surface area contributed by atoms with Crippen molar-refractivity contribution in [3.8, 4) is 0 Å². The van der Waals surface area contributed by atoms with E-state index in [1.165, 1.54) is 11.1 Å². The second kappa shape index (κ2) is 8.49. The molecule has 0 aliphatic heterocycles. The number of rotatable bonds is 7. The maximum Gasteiger partial charge on any atom is 0.0609 e. The van der Waals surface area contributed by atoms with E-state index in [1.54, 1.807) is 6.08 Å². The van der Waals surface area contributed by atoms with Crippen molar-refractivity contribution in [3.63, 3.8) is 0 Å². The van der Waals surface area contributed by atoms with Gasteiger partial charge in [-0.15, -0.1) is 6.58 Å². The lowest BCUT2D eigenvalue weighted by molar-refractivity contribution is 0.181. The fraction of sp³-hybridized carbons (Fsp3) is 0.571. The smallest absolute Gasteiger partial charge is 0.0609 e. The molecule has 1 nitrogen and oxygen atoms in total. The molecule has 0 heterocycles. The molecule has 0 aromatic carbocycles. The highest BCUT2D eigenvalue weighted by Crippen LogP contribution is 2.09. The Balaban J connectivity index is 3.78. The molecule has 0 radical (unpaired) electrons. The van der Waals surface area contributed by atoms with E-state index < -0.39 is 0 Å². The van der Waals surface area contributed by atoms with Crippen LogP contribution < -0.4 is 0 Å². The predicted octanol–water partition coefficient (Wildman–Crippen LogP) is 4.01. The minimum atomic E-state index is -0.263. The average molecular weight is 208 g/mol. The van der Waals surface area contributed by atoms with Gasteiger partial charge in [0, 0.05) is 0 Å². The van der Waals surface area contributed by atoms with E-state index in [1.807, 2.05) is 0 Å². The van der Waals surface area contributed by atoms with Gasteiger partial charge in [0.15, 0.2) is 0 Å². The molecule has 0 bridgehead atoms. The average Bonchev–Trinajstić information content (AvgIpc) is 2.14. The first-order valence-corrected chi connectivity index (χ1v) is 5.64. The SMILES string of the molecule is C=CC[C@H](O)C/C=C(\C)CCC=C(C)C. The Morgan fingerprint density at radius 2 is 1.87 bits per heavy atom. The van der Waals surface area contributed by atoms with Crippen molar-refractivity contribution >= 4 is 0 Å². The summed E-state index contributed by atoms with van der Waals surface area (Å²) in [6.07, 6.45) is 9.49. The Bertz CT molecular complexity index is 232. The number of hydrogen-bond donors (Lipinski definition) is 1. The van der Waals surface area contributed by atoms with Crippen LogP contribution in [0.3, 0.4) is 0 Å². The van der Waals surface area contributed by atoms with E-state index in [0.29, 0.717) is 6.42 Å². The van der Waals surface area contributed by atoms with Crippen molar-refractivity contribution in [2.45, 2.75) is 52.6 Å². The zero-order valence-corrected chi connectivity index (χ0v) is 10.3. The summed E-state index contributed by atoms with van der Waals surface area (Å²) < 4.78 is 0. The van der Waals surface area contributed by atoms with Crippen molar-refractivity contribution in [1.82, 2.24) is 0 Å². The van der Waals surface area contributed by atoms with Gasteiger partial charge in [0.25, 0.3) is 0 Å². The van der Waals surface area contributed by atoms with Gasteiger partial charge in [-0.2, -0.15) is 0 Å². The number of allylic oxidation sites excluding steroid dienone is 3. The second-order valence-electron chi connectivity index (χ2n) is 4.28. The van der Waals surface area contributed by atoms with E-state index >= 15 is 0 Å². The first-order valence-electron chi connectivity index (χ1n) is 5.64. The standard InChI is InChI=1S/C14H24O/c1-5-7-14(15)11-10-13(4)9-6-8-12(2)3/h5,8,10,14-15H,1,6-7,9,11H2,2-4H3/b13-10+/t14-/m0/s1. The van der Waals surface area contributed by atoms with Crippen LogP contribution >= 0.6 is 0 Å². The molecule has 1 atom stereocenters. The van der Waals surface area contributed by atoms with E-state index in [9.17, 15) is 5.11 Å². The molecule has 0 spiro atoms. The molecule has 0 unspecified atom stereocenters. The van der Waals surface area contributed by atoms with Crippen molar-refractivity contribution in [1.29, 1.82) is 0 Å². The fourth-order valence-corrected chi connectivity index (χ4v) is 1.32. The highest BCUT2D eigenvalue weighted by Gasteiger charge is 1.98. The van der Waals surface area contributed by atoms with Crippen molar-refractivity contribution in [2.75, 3.05) is 0 Å². The maximum absolute atomic E-state index is 9.48. The van der Waals surface area contributed by atoms with Gasteiger partial charge >= 0.3 is 0 Å². The van der Waals surface area contributed by atoms with Gasteiger partial charge in [-0.1, -0.05) is 29.4 Å². The summed E-state index contributed by atoms with van der Waals surface area (Å²) in [7, 11) is 0. The highest BCUT2D eigenvalue weighted by atomic mass is 16.3. The van der Waals surface area contributed by atoms with Crippen LogP contribution in [0.15, 0.2) is 36.0 Å². The van der Waals surface area contributed by atoms with Gasteiger partial charge in [-0.25, -0.2) is 0 Å². The van der Waals surface area contributed by atoms with Crippen LogP contribution in [-0.4, -0.2) is 11.2 Å². The Hall–Kier alpha value is -0.820. The zero-order valence-electron chi connectivity index (χ0n) is 10.3. The molecule has 0 fully saturated rings. The number of aliphatic hydroxyl groups is 1. The molecule has 1 N–H and O–H groups in total. The Kier molecular flexibility index (Phi) is 8.02. The topological polar surface area (TPSA) is 20.2 Å². The van der Waals surface area contributed by atoms with E-state index in [2.05, 4.69) is 39.5 Å². The van der Waals surface area contributed by atoms with Crippen LogP contribution in [0.4, 0.5) is 0 Å². The lowest BCUT2D eigenvalue weighted by Crippen LogP contribution is -2.02. The summed E-state index contributed by atoms with van der Waals surface area (Å²) in [4.78, 5) is 0. The van der Waals surface area contributed by atoms with Crippen molar-refractivity contribution < 1.29 is 5.11 Å². The maximum atomic E-state index is 9.48. The Morgan fingerprint density at radius 3 is 2.40 bits per heavy atom. The van der Waals surface area contributed by atoms with Crippen LogP contribution in [0.2, 0.25) is 0 Å². The summed E-state index contributed by atoms with van der Waals surface area (Å²) in [5.74, 6) is 0. The molecule has 0 aromatic heterocycles. The molecule has 86 valence electrons. The van der Waals surface area contributed by atoms with Crippen LogP contribution in [0.5, 0.6) is 0 Å². The molecule has 0 amide bonds. The molecular weight excluding hydrogens is 184 g/mol. The molecule has 0 aliphatic rings. The van der Waals surface area contributed by atoms with E-state index in [-0.39, 0.29) is 6.10 Å². The van der Waals surface area contributed by atoms with Crippen LogP contribution in [0.1, 0.15) is 46.5 Å². The summed E-state index contributed by atoms with van der Waals surface area (Å²) in [5.41, 5.74) is 2.73. The third kappa shape index (κ3) is 9.48. The van der Waals surface area contributed by atoms with E-state index in [4.69, 9.17) is 0 Å². The van der Waals surface area contributed by atoms with Gasteiger partial charge < -0.3 is 5.11 Å². The minimum absolute atomic E-state index is 0.263. The number of aliphatic hydroxyl groups excluding tert-OH is 1. The molecule has 0 saturated heterocycles. The van der Waals surface area contributed by atoms with Gasteiger partial charge in [0.2, 0.25) is 0 Å². The van der Waals surface area contributed by atoms with Gasteiger partial charge in [0.05, 0.1) is 6.10 Å². The first-order chi connectivity index (χ1) is 7.06. The molecule has 0 aliphatic carbocycles. The van der Waals surface area contributed by atoms with Gasteiger partial charge in [-0.05, 0) is 46.5 Å². The van der Waals surface area contributed by atoms with E-state index in [0.717, 1.165) is 19.3 Å². The third-order valence-corrected chi connectivity index (χ3v) is 2.27. The van der Waals surface area contributed by atoms with Crippen LogP contribution in [0, 0.1) is 0 Å². The largest absolute Gasteiger partial charge is 0.392 e. The summed E-state index contributed by atoms with van der Waals surface area (Å²) in [6.45, 7) is 9.97. The quantitative estimate of drug-likeness (QED) is 0.627. The molecule has 1 heteroatoms. The van der Waals surface area contributed by atoms with Gasteiger partial charge in [-0.3, -0.25) is 0 Å². The predicted molar refractivity (Wildman–Crippen MR) is 67.9 cm³/mol. The Labute approximate surface area is 94.2 Å². The lowest BCUT2D eigenvalue weighted by Gasteiger charge is -2.05. The number of hydrogen-bond acceptors (Lipinski definition) is 1. The first kappa shape index (κ1) is 14.2. The third-order valence-electron chi connectivity index (χ3n) is 2.27.